The highest BCUT2D eigenvalue weighted by atomic mass is 79.9. The highest BCUT2D eigenvalue weighted by Crippen LogP contribution is 2.27. The molecule has 0 radical (unpaired) electrons. The minimum Gasteiger partial charge on any atom is -0.496 e. The van der Waals surface area contributed by atoms with Gasteiger partial charge in [0, 0.05) is 19.0 Å². The molecular formula is C14H18BrNO2. The van der Waals surface area contributed by atoms with Gasteiger partial charge in [0.05, 0.1) is 11.6 Å². The second-order valence-electron chi connectivity index (χ2n) is 4.77. The molecular weight excluding hydrogens is 294 g/mol. The van der Waals surface area contributed by atoms with Gasteiger partial charge in [0.1, 0.15) is 5.75 Å². The van der Waals surface area contributed by atoms with E-state index in [9.17, 15) is 4.79 Å². The van der Waals surface area contributed by atoms with E-state index in [2.05, 4.69) is 15.9 Å². The van der Waals surface area contributed by atoms with Crippen LogP contribution >= 0.6 is 15.9 Å². The molecule has 0 spiro atoms. The van der Waals surface area contributed by atoms with E-state index < -0.39 is 0 Å². The van der Waals surface area contributed by atoms with Crippen LogP contribution < -0.4 is 4.74 Å². The lowest BCUT2D eigenvalue weighted by molar-refractivity contribution is -0.138. The normalized spacial score (nSPS) is 20.1. The van der Waals surface area contributed by atoms with Crippen LogP contribution in [0.15, 0.2) is 22.7 Å². The second kappa shape index (κ2) is 5.74. The number of hydrogen-bond acceptors (Lipinski definition) is 2. The van der Waals surface area contributed by atoms with Crippen LogP contribution in [-0.2, 0) is 11.3 Å². The topological polar surface area (TPSA) is 29.5 Å². The van der Waals surface area contributed by atoms with Gasteiger partial charge in [-0.05, 0) is 46.5 Å². The van der Waals surface area contributed by atoms with Crippen molar-refractivity contribution in [2.24, 2.45) is 5.92 Å². The molecule has 4 heteroatoms. The molecule has 1 aromatic rings. The number of methoxy groups -OCH3 is 1. The maximum Gasteiger partial charge on any atom is 0.225 e. The van der Waals surface area contributed by atoms with Gasteiger partial charge >= 0.3 is 0 Å². The summed E-state index contributed by atoms with van der Waals surface area (Å²) >= 11 is 3.47. The molecule has 0 bridgehead atoms. The number of piperidine rings is 1. The monoisotopic (exact) mass is 311 g/mol. The summed E-state index contributed by atoms with van der Waals surface area (Å²) in [6.45, 7) is 3.57. The molecule has 0 aromatic heterocycles. The Labute approximate surface area is 116 Å². The predicted molar refractivity (Wildman–Crippen MR) is 74.5 cm³/mol. The molecule has 1 unspecified atom stereocenters. The molecule has 1 aliphatic heterocycles. The van der Waals surface area contributed by atoms with Gasteiger partial charge in [-0.1, -0.05) is 13.0 Å². The van der Waals surface area contributed by atoms with E-state index in [0.29, 0.717) is 6.54 Å². The molecule has 2 rings (SSSR count). The Bertz CT molecular complexity index is 447. The maximum atomic E-state index is 12.0. The molecule has 0 saturated carbocycles. The first-order valence-corrected chi connectivity index (χ1v) is 7.02. The summed E-state index contributed by atoms with van der Waals surface area (Å²) in [7, 11) is 1.65. The first kappa shape index (κ1) is 13.4. The van der Waals surface area contributed by atoms with Crippen LogP contribution in [0.4, 0.5) is 0 Å². The van der Waals surface area contributed by atoms with Crippen molar-refractivity contribution in [1.29, 1.82) is 0 Å². The lowest BCUT2D eigenvalue weighted by Crippen LogP contribution is -2.39. The molecule has 1 aromatic carbocycles. The Hall–Kier alpha value is -1.03. The minimum atomic E-state index is 0.167. The maximum absolute atomic E-state index is 12.0. The molecule has 1 atom stereocenters. The molecule has 18 heavy (non-hydrogen) atoms. The molecule has 98 valence electrons. The molecule has 1 aliphatic rings. The smallest absolute Gasteiger partial charge is 0.225 e. The molecule has 0 N–H and O–H groups in total. The van der Waals surface area contributed by atoms with Gasteiger partial charge in [0.15, 0.2) is 0 Å². The number of hydrogen-bond donors (Lipinski definition) is 0. The quantitative estimate of drug-likeness (QED) is 0.858. The molecule has 1 amide bonds. The van der Waals surface area contributed by atoms with E-state index in [-0.39, 0.29) is 11.8 Å². The second-order valence-corrected chi connectivity index (χ2v) is 5.63. The molecule has 3 nitrogen and oxygen atoms in total. The number of amides is 1. The number of nitrogens with zero attached hydrogens (tertiary/aromatic N) is 1. The van der Waals surface area contributed by atoms with Crippen molar-refractivity contribution in [3.8, 4) is 5.75 Å². The van der Waals surface area contributed by atoms with Crippen LogP contribution in [-0.4, -0.2) is 24.5 Å². The van der Waals surface area contributed by atoms with E-state index in [1.165, 1.54) is 0 Å². The summed E-state index contributed by atoms with van der Waals surface area (Å²) in [5.41, 5.74) is 1.13. The summed E-state index contributed by atoms with van der Waals surface area (Å²) in [4.78, 5) is 14.0. The lowest BCUT2D eigenvalue weighted by atomic mass is 9.99. The Kier molecular flexibility index (Phi) is 4.27. The predicted octanol–water partition coefficient (Wildman–Crippen LogP) is 3.22. The van der Waals surface area contributed by atoms with Gasteiger partial charge < -0.3 is 9.64 Å². The van der Waals surface area contributed by atoms with E-state index >= 15 is 0 Å². The first-order valence-electron chi connectivity index (χ1n) is 6.23. The minimum absolute atomic E-state index is 0.167. The number of ether oxygens (including phenoxy) is 1. The number of benzene rings is 1. The number of rotatable bonds is 3. The average molecular weight is 312 g/mol. The van der Waals surface area contributed by atoms with Crippen LogP contribution in [0.3, 0.4) is 0 Å². The van der Waals surface area contributed by atoms with E-state index in [1.54, 1.807) is 7.11 Å². The average Bonchev–Trinajstić information content (AvgIpc) is 2.35. The highest BCUT2D eigenvalue weighted by Gasteiger charge is 2.24. The van der Waals surface area contributed by atoms with Crippen molar-refractivity contribution in [2.45, 2.75) is 26.3 Å². The molecule has 1 heterocycles. The van der Waals surface area contributed by atoms with Gasteiger partial charge in [-0.25, -0.2) is 0 Å². The van der Waals surface area contributed by atoms with Crippen LogP contribution in [0.5, 0.6) is 5.75 Å². The Morgan fingerprint density at radius 1 is 1.50 bits per heavy atom. The van der Waals surface area contributed by atoms with E-state index in [4.69, 9.17) is 4.74 Å². The summed E-state index contributed by atoms with van der Waals surface area (Å²) in [5.74, 6) is 1.26. The molecule has 1 saturated heterocycles. The Balaban J connectivity index is 2.09. The Morgan fingerprint density at radius 3 is 2.94 bits per heavy atom. The summed E-state index contributed by atoms with van der Waals surface area (Å²) < 4.78 is 6.13. The highest BCUT2D eigenvalue weighted by molar-refractivity contribution is 9.10. The van der Waals surface area contributed by atoms with Gasteiger partial charge in [-0.2, -0.15) is 0 Å². The standard InChI is InChI=1S/C14H18BrNO2/c1-10-4-3-7-16(14(10)17)9-11-5-6-13(18-2)12(15)8-11/h5-6,8,10H,3-4,7,9H2,1-2H3. The third kappa shape index (κ3) is 2.86. The van der Waals surface area contributed by atoms with Gasteiger partial charge in [0.2, 0.25) is 5.91 Å². The number of carbonyl (C=O) groups excluding carboxylic acids is 1. The zero-order chi connectivity index (χ0) is 13.1. The molecule has 0 aliphatic carbocycles. The van der Waals surface area contributed by atoms with E-state index in [0.717, 1.165) is 35.2 Å². The number of likely N-dealkylation sites (tertiary alicyclic amines) is 1. The number of carbonyl (C=O) groups is 1. The zero-order valence-corrected chi connectivity index (χ0v) is 12.4. The van der Waals surface area contributed by atoms with Crippen molar-refractivity contribution < 1.29 is 9.53 Å². The summed E-state index contributed by atoms with van der Waals surface area (Å²) in [6.07, 6.45) is 2.12. The number of halogens is 1. The fourth-order valence-corrected chi connectivity index (χ4v) is 2.91. The van der Waals surface area contributed by atoms with Crippen molar-refractivity contribution in [3.63, 3.8) is 0 Å². The van der Waals surface area contributed by atoms with Crippen molar-refractivity contribution in [1.82, 2.24) is 4.90 Å². The van der Waals surface area contributed by atoms with Crippen LogP contribution in [0.25, 0.3) is 0 Å². The van der Waals surface area contributed by atoms with Crippen LogP contribution in [0.2, 0.25) is 0 Å². The van der Waals surface area contributed by atoms with Crippen molar-refractivity contribution >= 4 is 21.8 Å². The third-order valence-electron chi connectivity index (χ3n) is 3.39. The lowest BCUT2D eigenvalue weighted by Gasteiger charge is -2.30. The fourth-order valence-electron chi connectivity index (χ4n) is 2.32. The van der Waals surface area contributed by atoms with Gasteiger partial charge in [0.25, 0.3) is 0 Å². The Morgan fingerprint density at radius 2 is 2.28 bits per heavy atom. The summed E-state index contributed by atoms with van der Waals surface area (Å²) in [6, 6.07) is 5.96. The van der Waals surface area contributed by atoms with Gasteiger partial charge in [-0.15, -0.1) is 0 Å². The zero-order valence-electron chi connectivity index (χ0n) is 10.8. The van der Waals surface area contributed by atoms with Crippen molar-refractivity contribution in [3.05, 3.63) is 28.2 Å². The third-order valence-corrected chi connectivity index (χ3v) is 4.01. The van der Waals surface area contributed by atoms with Crippen molar-refractivity contribution in [2.75, 3.05) is 13.7 Å². The van der Waals surface area contributed by atoms with Crippen LogP contribution in [0.1, 0.15) is 25.3 Å². The SMILES string of the molecule is COc1ccc(CN2CCCC(C)C2=O)cc1Br. The summed E-state index contributed by atoms with van der Waals surface area (Å²) in [5, 5.41) is 0. The van der Waals surface area contributed by atoms with E-state index in [1.807, 2.05) is 30.0 Å². The first-order chi connectivity index (χ1) is 8.61. The van der Waals surface area contributed by atoms with Crippen LogP contribution in [0, 0.1) is 5.92 Å². The largest absolute Gasteiger partial charge is 0.496 e. The fraction of sp³-hybridized carbons (Fsp3) is 0.500. The molecule has 1 fully saturated rings. The van der Waals surface area contributed by atoms with Gasteiger partial charge in [-0.3, -0.25) is 4.79 Å².